The van der Waals surface area contributed by atoms with Gasteiger partial charge in [-0.15, -0.1) is 0 Å². The van der Waals surface area contributed by atoms with Crippen molar-refractivity contribution in [3.05, 3.63) is 6.61 Å². The van der Waals surface area contributed by atoms with Crippen molar-refractivity contribution >= 4 is 6.09 Å². The predicted octanol–water partition coefficient (Wildman–Crippen LogP) is 1.30. The van der Waals surface area contributed by atoms with Crippen LogP contribution < -0.4 is 5.32 Å². The monoisotopic (exact) mass is 130 g/mol. The zero-order valence-electron chi connectivity index (χ0n) is 5.81. The molecular weight excluding hydrogens is 118 g/mol. The third-order valence-corrected chi connectivity index (χ3v) is 0.744. The first kappa shape index (κ1) is 8.27. The first-order valence-corrected chi connectivity index (χ1v) is 3.03. The number of nitrogens with one attached hydrogen (secondary N) is 1. The Morgan fingerprint density at radius 2 is 2.44 bits per heavy atom. The maximum Gasteiger partial charge on any atom is 0.407 e. The number of amides is 1. The van der Waals surface area contributed by atoms with E-state index >= 15 is 0 Å². The molecule has 1 amide bonds. The van der Waals surface area contributed by atoms with E-state index in [0.29, 0.717) is 6.54 Å². The molecule has 0 atom stereocenters. The zero-order valence-corrected chi connectivity index (χ0v) is 5.81. The topological polar surface area (TPSA) is 38.3 Å². The number of carbonyl (C=O) groups is 1. The third kappa shape index (κ3) is 5.14. The highest BCUT2D eigenvalue weighted by molar-refractivity contribution is 5.67. The molecule has 0 aromatic heterocycles. The van der Waals surface area contributed by atoms with E-state index in [0.717, 1.165) is 6.42 Å². The first-order valence-electron chi connectivity index (χ1n) is 3.03. The van der Waals surface area contributed by atoms with Gasteiger partial charge < -0.3 is 10.1 Å². The molecule has 0 aliphatic rings. The molecule has 0 spiro atoms. The highest BCUT2D eigenvalue weighted by Gasteiger charge is 1.95. The Labute approximate surface area is 55.4 Å². The zero-order chi connectivity index (χ0) is 7.11. The van der Waals surface area contributed by atoms with Crippen molar-refractivity contribution in [2.24, 2.45) is 0 Å². The normalized spacial score (nSPS) is 8.67. The van der Waals surface area contributed by atoms with Crippen molar-refractivity contribution in [1.29, 1.82) is 0 Å². The van der Waals surface area contributed by atoms with E-state index in [4.69, 9.17) is 0 Å². The third-order valence-electron chi connectivity index (χ3n) is 0.744. The van der Waals surface area contributed by atoms with Crippen LogP contribution in [-0.2, 0) is 4.74 Å². The fourth-order valence-electron chi connectivity index (χ4n) is 0.376. The van der Waals surface area contributed by atoms with Crippen LogP contribution >= 0.6 is 0 Å². The molecule has 0 aliphatic carbocycles. The van der Waals surface area contributed by atoms with Gasteiger partial charge in [-0.25, -0.2) is 4.79 Å². The Bertz CT molecular complexity index is 83.1. The maximum atomic E-state index is 10.4. The minimum Gasteiger partial charge on any atom is -0.443 e. The largest absolute Gasteiger partial charge is 0.443 e. The van der Waals surface area contributed by atoms with Gasteiger partial charge in [0.25, 0.3) is 0 Å². The molecule has 1 radical (unpaired) electrons. The van der Waals surface area contributed by atoms with Crippen molar-refractivity contribution in [3.63, 3.8) is 0 Å². The van der Waals surface area contributed by atoms with Crippen molar-refractivity contribution < 1.29 is 9.53 Å². The van der Waals surface area contributed by atoms with Crippen molar-refractivity contribution in [2.75, 3.05) is 6.54 Å². The van der Waals surface area contributed by atoms with Gasteiger partial charge in [-0.1, -0.05) is 6.92 Å². The van der Waals surface area contributed by atoms with E-state index in [1.165, 1.54) is 6.61 Å². The molecule has 0 rings (SSSR count). The molecule has 0 aliphatic heterocycles. The van der Waals surface area contributed by atoms with Crippen molar-refractivity contribution in [1.82, 2.24) is 5.32 Å². The Balaban J connectivity index is 3.06. The highest BCUT2D eigenvalue weighted by atomic mass is 16.5. The summed E-state index contributed by atoms with van der Waals surface area (Å²) < 4.78 is 4.47. The van der Waals surface area contributed by atoms with Crippen LogP contribution in [0.2, 0.25) is 0 Å². The summed E-state index contributed by atoms with van der Waals surface area (Å²) in [5.41, 5.74) is 0. The van der Waals surface area contributed by atoms with Crippen molar-refractivity contribution in [2.45, 2.75) is 20.3 Å². The number of carbonyl (C=O) groups excluding carboxylic acids is 1. The molecule has 0 heterocycles. The van der Waals surface area contributed by atoms with Gasteiger partial charge in [0.05, 0.1) is 0 Å². The van der Waals surface area contributed by atoms with E-state index in [1.807, 2.05) is 6.92 Å². The number of rotatable bonds is 3. The van der Waals surface area contributed by atoms with Crippen LogP contribution in [0.15, 0.2) is 0 Å². The Morgan fingerprint density at radius 1 is 1.78 bits per heavy atom. The summed E-state index contributed by atoms with van der Waals surface area (Å²) >= 11 is 0. The fourth-order valence-corrected chi connectivity index (χ4v) is 0.376. The van der Waals surface area contributed by atoms with E-state index in [1.54, 1.807) is 6.92 Å². The van der Waals surface area contributed by atoms with E-state index < -0.39 is 0 Å². The van der Waals surface area contributed by atoms with Gasteiger partial charge in [-0.3, -0.25) is 0 Å². The Kier molecular flexibility index (Phi) is 4.97. The van der Waals surface area contributed by atoms with Gasteiger partial charge in [0.15, 0.2) is 0 Å². The molecule has 0 bridgehead atoms. The second kappa shape index (κ2) is 5.41. The average molecular weight is 130 g/mol. The molecule has 0 saturated heterocycles. The lowest BCUT2D eigenvalue weighted by Gasteiger charge is -2.00. The quantitative estimate of drug-likeness (QED) is 0.625. The second-order valence-electron chi connectivity index (χ2n) is 1.57. The van der Waals surface area contributed by atoms with Crippen LogP contribution in [0.1, 0.15) is 20.3 Å². The van der Waals surface area contributed by atoms with Gasteiger partial charge in [-0.2, -0.15) is 0 Å². The van der Waals surface area contributed by atoms with Crippen molar-refractivity contribution in [3.8, 4) is 0 Å². The smallest absolute Gasteiger partial charge is 0.407 e. The molecule has 53 valence electrons. The van der Waals surface area contributed by atoms with Crippen LogP contribution in [-0.4, -0.2) is 12.6 Å². The van der Waals surface area contributed by atoms with Gasteiger partial charge in [0.2, 0.25) is 0 Å². The van der Waals surface area contributed by atoms with Gasteiger partial charge in [0.1, 0.15) is 6.61 Å². The Hall–Kier alpha value is -0.730. The van der Waals surface area contributed by atoms with Crippen LogP contribution in [0.4, 0.5) is 4.79 Å². The van der Waals surface area contributed by atoms with Gasteiger partial charge in [-0.05, 0) is 13.3 Å². The van der Waals surface area contributed by atoms with Crippen LogP contribution in [0, 0.1) is 6.61 Å². The predicted molar refractivity (Wildman–Crippen MR) is 34.7 cm³/mol. The van der Waals surface area contributed by atoms with E-state index in [9.17, 15) is 4.79 Å². The number of hydrogen-bond donors (Lipinski definition) is 1. The molecule has 0 fully saturated rings. The van der Waals surface area contributed by atoms with Crippen LogP contribution in [0.5, 0.6) is 0 Å². The molecule has 3 nitrogen and oxygen atoms in total. The lowest BCUT2D eigenvalue weighted by molar-refractivity contribution is 0.173. The fraction of sp³-hybridized carbons (Fsp3) is 0.667. The molecule has 0 aromatic rings. The summed E-state index contributed by atoms with van der Waals surface area (Å²) in [6.07, 6.45) is 0.554. The average Bonchev–Trinajstić information content (AvgIpc) is 1.85. The highest BCUT2D eigenvalue weighted by Crippen LogP contribution is 1.80. The van der Waals surface area contributed by atoms with E-state index in [-0.39, 0.29) is 6.09 Å². The summed E-state index contributed by atoms with van der Waals surface area (Å²) in [7, 11) is 0. The lowest BCUT2D eigenvalue weighted by atomic mass is 10.5. The van der Waals surface area contributed by atoms with Gasteiger partial charge >= 0.3 is 6.09 Å². The summed E-state index contributed by atoms with van der Waals surface area (Å²) in [6.45, 7) is 5.67. The minimum atomic E-state index is -0.376. The first-order chi connectivity index (χ1) is 4.31. The molecular formula is C6H12NO2. The van der Waals surface area contributed by atoms with Gasteiger partial charge in [0, 0.05) is 6.54 Å². The molecule has 9 heavy (non-hydrogen) atoms. The summed E-state index contributed by atoms with van der Waals surface area (Å²) in [5, 5.41) is 2.54. The number of alkyl carbamates (subject to hydrolysis) is 1. The molecule has 0 unspecified atom stereocenters. The molecule has 0 saturated carbocycles. The molecule has 3 heteroatoms. The summed E-state index contributed by atoms with van der Waals surface area (Å²) in [5.74, 6) is 0. The SMILES string of the molecule is C[CH]OC(=O)NCCC. The second-order valence-corrected chi connectivity index (χ2v) is 1.57. The lowest BCUT2D eigenvalue weighted by Crippen LogP contribution is -2.23. The summed E-state index contributed by atoms with van der Waals surface area (Å²) in [6, 6.07) is 0. The summed E-state index contributed by atoms with van der Waals surface area (Å²) in [4.78, 5) is 10.4. The maximum absolute atomic E-state index is 10.4. The molecule has 1 N–H and O–H groups in total. The Morgan fingerprint density at radius 3 is 2.89 bits per heavy atom. The van der Waals surface area contributed by atoms with E-state index in [2.05, 4.69) is 10.1 Å². The van der Waals surface area contributed by atoms with Crippen LogP contribution in [0.3, 0.4) is 0 Å². The van der Waals surface area contributed by atoms with Crippen LogP contribution in [0.25, 0.3) is 0 Å². The minimum absolute atomic E-state index is 0.376. The number of ether oxygens (including phenoxy) is 1. The standard InChI is InChI=1S/C6H12NO2/c1-3-5-7-6(8)9-4-2/h4H,3,5H2,1-2H3,(H,7,8). The number of hydrogen-bond acceptors (Lipinski definition) is 2. The molecule has 0 aromatic carbocycles.